The lowest BCUT2D eigenvalue weighted by atomic mass is 10.2. The van der Waals surface area contributed by atoms with E-state index in [1.807, 2.05) is 0 Å². The molecule has 7 heteroatoms. The van der Waals surface area contributed by atoms with Crippen LogP contribution in [0.3, 0.4) is 0 Å². The third kappa shape index (κ3) is 3.05. The highest BCUT2D eigenvalue weighted by Crippen LogP contribution is 2.26. The number of aromatic nitrogens is 2. The van der Waals surface area contributed by atoms with Gasteiger partial charge in [0.1, 0.15) is 18.1 Å². The van der Waals surface area contributed by atoms with Crippen molar-refractivity contribution in [3.05, 3.63) is 42.0 Å². The number of imidazole rings is 1. The Hall–Kier alpha value is -2.15. The van der Waals surface area contributed by atoms with Gasteiger partial charge in [-0.1, -0.05) is 0 Å². The molecule has 1 aromatic heterocycles. The van der Waals surface area contributed by atoms with Gasteiger partial charge in [0.15, 0.2) is 5.82 Å². The normalized spacial score (nSPS) is 10.8. The second-order valence-electron chi connectivity index (χ2n) is 3.95. The number of hydrogen-bond donors (Lipinski definition) is 1. The molecule has 0 bridgehead atoms. The average molecular weight is 284 g/mol. The van der Waals surface area contributed by atoms with Gasteiger partial charge in [-0.2, -0.15) is 8.78 Å². The molecular formula is C13H14F2N2O3. The first-order valence-electron chi connectivity index (χ1n) is 5.86. The van der Waals surface area contributed by atoms with E-state index in [9.17, 15) is 13.9 Å². The highest BCUT2D eigenvalue weighted by molar-refractivity contribution is 5.40. The molecule has 1 aromatic carbocycles. The summed E-state index contributed by atoms with van der Waals surface area (Å²) in [5.41, 5.74) is 0.543. The largest absolute Gasteiger partial charge is 0.497 e. The van der Waals surface area contributed by atoms with Crippen LogP contribution in [-0.2, 0) is 13.2 Å². The molecule has 20 heavy (non-hydrogen) atoms. The van der Waals surface area contributed by atoms with Crippen LogP contribution >= 0.6 is 0 Å². The number of methoxy groups -OCH3 is 1. The molecule has 2 aromatic rings. The molecule has 1 heterocycles. The maximum Gasteiger partial charge on any atom is 0.320 e. The van der Waals surface area contributed by atoms with E-state index in [-0.39, 0.29) is 19.0 Å². The van der Waals surface area contributed by atoms with Crippen LogP contribution in [0.4, 0.5) is 8.78 Å². The number of hydrogen-bond acceptors (Lipinski definition) is 4. The molecule has 0 aliphatic rings. The smallest absolute Gasteiger partial charge is 0.320 e. The van der Waals surface area contributed by atoms with Crippen molar-refractivity contribution in [2.75, 3.05) is 7.11 Å². The van der Waals surface area contributed by atoms with Crippen LogP contribution in [0.25, 0.3) is 0 Å². The zero-order valence-electron chi connectivity index (χ0n) is 10.8. The fraction of sp³-hybridized carbons (Fsp3) is 0.308. The van der Waals surface area contributed by atoms with Gasteiger partial charge in [0.2, 0.25) is 0 Å². The number of rotatable bonds is 6. The van der Waals surface area contributed by atoms with Crippen molar-refractivity contribution in [1.29, 1.82) is 0 Å². The van der Waals surface area contributed by atoms with Gasteiger partial charge in [0.25, 0.3) is 0 Å². The molecule has 108 valence electrons. The summed E-state index contributed by atoms with van der Waals surface area (Å²) in [4.78, 5) is 3.81. The van der Waals surface area contributed by atoms with E-state index in [0.29, 0.717) is 17.1 Å². The lowest BCUT2D eigenvalue weighted by molar-refractivity contribution is 0.0631. The molecule has 0 spiro atoms. The lowest BCUT2D eigenvalue weighted by Crippen LogP contribution is -2.08. The second kappa shape index (κ2) is 6.33. The first-order chi connectivity index (χ1) is 9.65. The predicted octanol–water partition coefficient (Wildman–Crippen LogP) is 2.36. The maximum absolute atomic E-state index is 12.7. The Kier molecular flexibility index (Phi) is 4.52. The Morgan fingerprint density at radius 2 is 2.20 bits per heavy atom. The van der Waals surface area contributed by atoms with Crippen LogP contribution in [-0.4, -0.2) is 21.8 Å². The standard InChI is InChI=1S/C13H14F2N2O3/c1-19-10-3-2-9(7-18)11(6-10)20-8-12-16-4-5-17(12)13(14)15/h2-6,13,18H,7-8H2,1H3. The number of aliphatic hydroxyl groups excluding tert-OH is 1. The van der Waals surface area contributed by atoms with Gasteiger partial charge in [0.05, 0.1) is 13.7 Å². The molecule has 0 saturated carbocycles. The Morgan fingerprint density at radius 3 is 2.85 bits per heavy atom. The van der Waals surface area contributed by atoms with Crippen LogP contribution in [0.1, 0.15) is 17.9 Å². The fourth-order valence-corrected chi connectivity index (χ4v) is 1.70. The zero-order valence-corrected chi connectivity index (χ0v) is 10.8. The molecule has 0 aliphatic carbocycles. The number of benzene rings is 1. The van der Waals surface area contributed by atoms with Gasteiger partial charge >= 0.3 is 6.55 Å². The van der Waals surface area contributed by atoms with Crippen molar-refractivity contribution < 1.29 is 23.4 Å². The summed E-state index contributed by atoms with van der Waals surface area (Å²) in [6.07, 6.45) is 2.46. The van der Waals surface area contributed by atoms with Crippen LogP contribution in [0.2, 0.25) is 0 Å². The number of alkyl halides is 2. The van der Waals surface area contributed by atoms with Gasteiger partial charge in [-0.05, 0) is 12.1 Å². The van der Waals surface area contributed by atoms with Gasteiger partial charge in [-0.3, -0.25) is 4.57 Å². The minimum absolute atomic E-state index is 0.103. The molecule has 0 atom stereocenters. The van der Waals surface area contributed by atoms with Crippen molar-refractivity contribution in [2.24, 2.45) is 0 Å². The van der Waals surface area contributed by atoms with E-state index in [1.165, 1.54) is 19.5 Å². The molecule has 0 saturated heterocycles. The molecule has 5 nitrogen and oxygen atoms in total. The minimum atomic E-state index is -2.67. The summed E-state index contributed by atoms with van der Waals surface area (Å²) >= 11 is 0. The summed E-state index contributed by atoms with van der Waals surface area (Å²) in [7, 11) is 1.50. The van der Waals surface area contributed by atoms with Crippen LogP contribution < -0.4 is 9.47 Å². The summed E-state index contributed by atoms with van der Waals surface area (Å²) in [5, 5.41) is 9.22. The van der Waals surface area contributed by atoms with Gasteiger partial charge in [-0.25, -0.2) is 4.98 Å². The molecular weight excluding hydrogens is 270 g/mol. The summed E-state index contributed by atoms with van der Waals surface area (Å²) in [5.74, 6) is 1.02. The first kappa shape index (κ1) is 14.3. The summed E-state index contributed by atoms with van der Waals surface area (Å²) in [6, 6.07) is 4.91. The van der Waals surface area contributed by atoms with Gasteiger partial charge in [-0.15, -0.1) is 0 Å². The Bertz CT molecular complexity index is 572. The van der Waals surface area contributed by atoms with Gasteiger partial charge < -0.3 is 14.6 Å². The quantitative estimate of drug-likeness (QED) is 0.884. The molecule has 0 amide bonds. The van der Waals surface area contributed by atoms with E-state index in [1.54, 1.807) is 18.2 Å². The van der Waals surface area contributed by atoms with Crippen molar-refractivity contribution in [3.8, 4) is 11.5 Å². The lowest BCUT2D eigenvalue weighted by Gasteiger charge is -2.12. The highest BCUT2D eigenvalue weighted by atomic mass is 19.3. The average Bonchev–Trinajstić information content (AvgIpc) is 2.93. The number of nitrogens with zero attached hydrogens (tertiary/aromatic N) is 2. The zero-order chi connectivity index (χ0) is 14.5. The van der Waals surface area contributed by atoms with Crippen molar-refractivity contribution in [1.82, 2.24) is 9.55 Å². The molecule has 0 aliphatic heterocycles. The van der Waals surface area contributed by atoms with E-state index in [4.69, 9.17) is 9.47 Å². The SMILES string of the molecule is COc1ccc(CO)c(OCc2nccn2C(F)F)c1. The fourth-order valence-electron chi connectivity index (χ4n) is 1.70. The van der Waals surface area contributed by atoms with E-state index in [2.05, 4.69) is 4.98 Å². The summed E-state index contributed by atoms with van der Waals surface area (Å²) in [6.45, 7) is -3.01. The Labute approximate surface area is 114 Å². The van der Waals surface area contributed by atoms with Crippen molar-refractivity contribution in [3.63, 3.8) is 0 Å². The minimum Gasteiger partial charge on any atom is -0.497 e. The third-order valence-corrected chi connectivity index (χ3v) is 2.76. The van der Waals surface area contributed by atoms with E-state index >= 15 is 0 Å². The van der Waals surface area contributed by atoms with Crippen LogP contribution in [0, 0.1) is 0 Å². The van der Waals surface area contributed by atoms with Crippen molar-refractivity contribution in [2.45, 2.75) is 19.8 Å². The van der Waals surface area contributed by atoms with Crippen LogP contribution in [0.5, 0.6) is 11.5 Å². The predicted molar refractivity (Wildman–Crippen MR) is 66.7 cm³/mol. The van der Waals surface area contributed by atoms with E-state index < -0.39 is 6.55 Å². The van der Waals surface area contributed by atoms with Crippen molar-refractivity contribution >= 4 is 0 Å². The monoisotopic (exact) mass is 284 g/mol. The Morgan fingerprint density at radius 1 is 1.40 bits per heavy atom. The summed E-state index contributed by atoms with van der Waals surface area (Å²) < 4.78 is 36.5. The second-order valence-corrected chi connectivity index (χ2v) is 3.95. The number of aliphatic hydroxyl groups is 1. The Balaban J connectivity index is 2.15. The molecule has 0 radical (unpaired) electrons. The third-order valence-electron chi connectivity index (χ3n) is 2.76. The number of ether oxygens (including phenoxy) is 2. The van der Waals surface area contributed by atoms with Crippen LogP contribution in [0.15, 0.2) is 30.6 Å². The van der Waals surface area contributed by atoms with Gasteiger partial charge in [0, 0.05) is 24.0 Å². The first-order valence-corrected chi connectivity index (χ1v) is 5.86. The molecule has 0 unspecified atom stereocenters. The molecule has 1 N–H and O–H groups in total. The number of halogens is 2. The van der Waals surface area contributed by atoms with E-state index in [0.717, 1.165) is 4.57 Å². The topological polar surface area (TPSA) is 56.5 Å². The maximum atomic E-state index is 12.7. The molecule has 0 fully saturated rings. The molecule has 2 rings (SSSR count). The highest BCUT2D eigenvalue weighted by Gasteiger charge is 2.13.